The Balaban J connectivity index is 0.00000162. The summed E-state index contributed by atoms with van der Waals surface area (Å²) < 4.78 is 10.7. The molecule has 0 radical (unpaired) electrons. The Hall–Kier alpha value is -1.23. The van der Waals surface area contributed by atoms with E-state index in [4.69, 9.17) is 15.2 Å². The molecular formula is C13H16ClNO2S. The van der Waals surface area contributed by atoms with Gasteiger partial charge in [0.25, 0.3) is 0 Å². The van der Waals surface area contributed by atoms with Gasteiger partial charge in [0.15, 0.2) is 11.5 Å². The molecular weight excluding hydrogens is 270 g/mol. The van der Waals surface area contributed by atoms with Crippen LogP contribution in [0.25, 0.3) is 0 Å². The van der Waals surface area contributed by atoms with E-state index >= 15 is 0 Å². The third kappa shape index (κ3) is 2.77. The Morgan fingerprint density at radius 3 is 2.44 bits per heavy atom. The zero-order valence-corrected chi connectivity index (χ0v) is 11.9. The molecule has 18 heavy (non-hydrogen) atoms. The Morgan fingerprint density at radius 2 is 1.89 bits per heavy atom. The molecule has 2 aromatic rings. The average molecular weight is 286 g/mol. The van der Waals surface area contributed by atoms with Crippen LogP contribution in [-0.4, -0.2) is 14.2 Å². The Bertz CT molecular complexity index is 488. The van der Waals surface area contributed by atoms with Gasteiger partial charge in [0.05, 0.1) is 20.3 Å². The first kappa shape index (κ1) is 14.8. The molecule has 0 saturated heterocycles. The molecule has 0 fully saturated rings. The molecule has 0 amide bonds. The largest absolute Gasteiger partial charge is 0.493 e. The van der Waals surface area contributed by atoms with Crippen LogP contribution in [0.15, 0.2) is 35.7 Å². The lowest BCUT2D eigenvalue weighted by Gasteiger charge is -2.16. The van der Waals surface area contributed by atoms with Gasteiger partial charge >= 0.3 is 0 Å². The van der Waals surface area contributed by atoms with Gasteiger partial charge in [-0.3, -0.25) is 0 Å². The van der Waals surface area contributed by atoms with Crippen LogP contribution in [0.4, 0.5) is 0 Å². The second-order valence-corrected chi connectivity index (χ2v) is 4.56. The number of thiophene rings is 1. The van der Waals surface area contributed by atoms with E-state index in [1.165, 1.54) is 0 Å². The van der Waals surface area contributed by atoms with E-state index in [9.17, 15) is 0 Å². The molecule has 5 heteroatoms. The molecule has 1 aromatic carbocycles. The van der Waals surface area contributed by atoms with Crippen LogP contribution in [0.1, 0.15) is 16.5 Å². The van der Waals surface area contributed by atoms with Gasteiger partial charge in [-0.15, -0.1) is 23.7 Å². The lowest BCUT2D eigenvalue weighted by Crippen LogP contribution is -2.12. The number of rotatable bonds is 4. The third-order valence-corrected chi connectivity index (χ3v) is 3.57. The average Bonchev–Trinajstić information content (AvgIpc) is 2.90. The van der Waals surface area contributed by atoms with Crippen molar-refractivity contribution in [2.24, 2.45) is 5.73 Å². The fourth-order valence-corrected chi connectivity index (χ4v) is 2.52. The van der Waals surface area contributed by atoms with Crippen LogP contribution < -0.4 is 15.2 Å². The summed E-state index contributed by atoms with van der Waals surface area (Å²) in [5.74, 6) is 1.41. The highest BCUT2D eigenvalue weighted by atomic mass is 35.5. The van der Waals surface area contributed by atoms with Crippen LogP contribution in [0, 0.1) is 0 Å². The van der Waals surface area contributed by atoms with Crippen molar-refractivity contribution in [3.63, 3.8) is 0 Å². The third-order valence-electron chi connectivity index (χ3n) is 2.62. The number of methoxy groups -OCH3 is 2. The van der Waals surface area contributed by atoms with E-state index in [1.807, 2.05) is 35.7 Å². The van der Waals surface area contributed by atoms with Gasteiger partial charge in [-0.1, -0.05) is 18.2 Å². The molecule has 0 aliphatic heterocycles. The number of hydrogen-bond donors (Lipinski definition) is 1. The molecule has 0 unspecified atom stereocenters. The van der Waals surface area contributed by atoms with E-state index < -0.39 is 0 Å². The maximum absolute atomic E-state index is 6.24. The molecule has 0 spiro atoms. The summed E-state index contributed by atoms with van der Waals surface area (Å²) in [6.45, 7) is 0. The predicted molar refractivity (Wildman–Crippen MR) is 77.1 cm³/mol. The summed E-state index contributed by atoms with van der Waals surface area (Å²) in [6, 6.07) is 9.58. The van der Waals surface area contributed by atoms with Crippen molar-refractivity contribution in [2.75, 3.05) is 14.2 Å². The molecule has 2 N–H and O–H groups in total. The van der Waals surface area contributed by atoms with Crippen molar-refractivity contribution in [2.45, 2.75) is 6.04 Å². The first-order chi connectivity index (χ1) is 8.27. The quantitative estimate of drug-likeness (QED) is 0.938. The fourth-order valence-electron chi connectivity index (χ4n) is 1.78. The van der Waals surface area contributed by atoms with Crippen LogP contribution >= 0.6 is 23.7 Å². The zero-order valence-electron chi connectivity index (χ0n) is 10.3. The predicted octanol–water partition coefficient (Wildman–Crippen LogP) is 3.24. The second-order valence-electron chi connectivity index (χ2n) is 3.58. The summed E-state index contributed by atoms with van der Waals surface area (Å²) in [7, 11) is 3.25. The molecule has 1 aromatic heterocycles. The normalized spacial score (nSPS) is 11.5. The smallest absolute Gasteiger partial charge is 0.165 e. The first-order valence-corrected chi connectivity index (χ1v) is 6.15. The molecule has 1 atom stereocenters. The summed E-state index contributed by atoms with van der Waals surface area (Å²) >= 11 is 1.64. The highest BCUT2D eigenvalue weighted by Gasteiger charge is 2.17. The van der Waals surface area contributed by atoms with Crippen LogP contribution in [-0.2, 0) is 0 Å². The minimum Gasteiger partial charge on any atom is -0.493 e. The Labute approximate surface area is 117 Å². The second kappa shape index (κ2) is 6.64. The molecule has 0 aliphatic rings. The monoisotopic (exact) mass is 285 g/mol. The zero-order chi connectivity index (χ0) is 12.3. The van der Waals surface area contributed by atoms with Crippen molar-refractivity contribution in [3.8, 4) is 11.5 Å². The molecule has 0 aliphatic carbocycles. The Morgan fingerprint density at radius 1 is 1.11 bits per heavy atom. The van der Waals surface area contributed by atoms with Crippen LogP contribution in [0.3, 0.4) is 0 Å². The molecule has 2 rings (SSSR count). The lowest BCUT2D eigenvalue weighted by molar-refractivity contribution is 0.350. The molecule has 98 valence electrons. The fraction of sp³-hybridized carbons (Fsp3) is 0.231. The number of halogens is 1. The number of nitrogens with two attached hydrogens (primary N) is 1. The highest BCUT2D eigenvalue weighted by molar-refractivity contribution is 7.10. The molecule has 3 nitrogen and oxygen atoms in total. The summed E-state index contributed by atoms with van der Waals surface area (Å²) in [5, 5.41) is 2.02. The molecule has 1 heterocycles. The van der Waals surface area contributed by atoms with Crippen LogP contribution in [0.2, 0.25) is 0 Å². The van der Waals surface area contributed by atoms with Crippen molar-refractivity contribution in [3.05, 3.63) is 46.2 Å². The van der Waals surface area contributed by atoms with E-state index in [0.29, 0.717) is 11.5 Å². The summed E-state index contributed by atoms with van der Waals surface area (Å²) in [6.07, 6.45) is 0. The SMILES string of the molecule is COc1cccc([C@H](N)c2cccs2)c1OC.Cl. The highest BCUT2D eigenvalue weighted by Crippen LogP contribution is 2.36. The van der Waals surface area contributed by atoms with Gasteiger partial charge in [-0.2, -0.15) is 0 Å². The minimum atomic E-state index is -0.181. The van der Waals surface area contributed by atoms with E-state index in [0.717, 1.165) is 10.4 Å². The maximum Gasteiger partial charge on any atom is 0.165 e. The maximum atomic E-state index is 6.24. The standard InChI is InChI=1S/C13H15NO2S.ClH/c1-15-10-6-3-5-9(13(10)16-2)12(14)11-7-4-8-17-11;/h3-8,12H,14H2,1-2H3;1H/t12-;/m0./s1. The van der Waals surface area contributed by atoms with Gasteiger partial charge in [0.2, 0.25) is 0 Å². The summed E-state index contributed by atoms with van der Waals surface area (Å²) in [5.41, 5.74) is 7.17. The van der Waals surface area contributed by atoms with Crippen LogP contribution in [0.5, 0.6) is 11.5 Å². The molecule has 0 saturated carbocycles. The van der Waals surface area contributed by atoms with Crippen molar-refractivity contribution < 1.29 is 9.47 Å². The summed E-state index contributed by atoms with van der Waals surface area (Å²) in [4.78, 5) is 1.11. The van der Waals surface area contributed by atoms with Gasteiger partial charge in [-0.05, 0) is 17.5 Å². The van der Waals surface area contributed by atoms with E-state index in [1.54, 1.807) is 25.6 Å². The number of ether oxygens (including phenoxy) is 2. The van der Waals surface area contributed by atoms with Gasteiger partial charge in [0, 0.05) is 10.4 Å². The Kier molecular flexibility index (Phi) is 5.47. The lowest BCUT2D eigenvalue weighted by atomic mass is 10.0. The van der Waals surface area contributed by atoms with Crippen molar-refractivity contribution in [1.29, 1.82) is 0 Å². The van der Waals surface area contributed by atoms with Gasteiger partial charge < -0.3 is 15.2 Å². The number of para-hydroxylation sites is 1. The van der Waals surface area contributed by atoms with Gasteiger partial charge in [0.1, 0.15) is 0 Å². The first-order valence-electron chi connectivity index (χ1n) is 5.27. The van der Waals surface area contributed by atoms with E-state index in [-0.39, 0.29) is 18.4 Å². The van der Waals surface area contributed by atoms with Crippen molar-refractivity contribution >= 4 is 23.7 Å². The minimum absolute atomic E-state index is 0. The van der Waals surface area contributed by atoms with Crippen molar-refractivity contribution in [1.82, 2.24) is 0 Å². The number of benzene rings is 1. The van der Waals surface area contributed by atoms with Gasteiger partial charge in [-0.25, -0.2) is 0 Å². The molecule has 0 bridgehead atoms. The van der Waals surface area contributed by atoms with E-state index in [2.05, 4.69) is 0 Å². The topological polar surface area (TPSA) is 44.5 Å². The number of hydrogen-bond acceptors (Lipinski definition) is 4.